The number of likely N-dealkylation sites (tertiary alicyclic amines) is 1. The van der Waals surface area contributed by atoms with Crippen LogP contribution >= 0.6 is 12.4 Å². The smallest absolute Gasteiger partial charge is 0.257 e. The summed E-state index contributed by atoms with van der Waals surface area (Å²) in [6.07, 6.45) is 3.49. The molecule has 2 aliphatic heterocycles. The van der Waals surface area contributed by atoms with Gasteiger partial charge in [0.1, 0.15) is 0 Å². The van der Waals surface area contributed by atoms with Crippen molar-refractivity contribution in [3.63, 3.8) is 0 Å². The Kier molecular flexibility index (Phi) is 5.42. The molecular weight excluding hydrogens is 306 g/mol. The summed E-state index contributed by atoms with van der Waals surface area (Å²) in [5, 5.41) is 9.80. The van der Waals surface area contributed by atoms with E-state index in [9.17, 15) is 9.59 Å². The van der Waals surface area contributed by atoms with Gasteiger partial charge in [-0.05, 0) is 19.8 Å². The Morgan fingerprint density at radius 3 is 2.91 bits per heavy atom. The van der Waals surface area contributed by atoms with Gasteiger partial charge < -0.3 is 15.1 Å². The SMILES string of the molecule is Cc1[nH]ncc1C(=O)N1CCCC(N2CCNCC2=O)C1.Cl. The number of hydrogen-bond acceptors (Lipinski definition) is 4. The highest BCUT2D eigenvalue weighted by molar-refractivity contribution is 5.95. The average molecular weight is 328 g/mol. The molecule has 0 saturated carbocycles. The van der Waals surface area contributed by atoms with Gasteiger partial charge in [-0.25, -0.2) is 0 Å². The summed E-state index contributed by atoms with van der Waals surface area (Å²) in [5.41, 5.74) is 1.42. The highest BCUT2D eigenvalue weighted by Crippen LogP contribution is 2.19. The third-order valence-electron chi connectivity index (χ3n) is 4.31. The third kappa shape index (κ3) is 3.25. The molecule has 1 unspecified atom stereocenters. The van der Waals surface area contributed by atoms with Gasteiger partial charge in [0.2, 0.25) is 5.91 Å². The first kappa shape index (κ1) is 16.8. The van der Waals surface area contributed by atoms with Crippen LogP contribution < -0.4 is 5.32 Å². The maximum Gasteiger partial charge on any atom is 0.257 e. The Balaban J connectivity index is 0.00000176. The van der Waals surface area contributed by atoms with Crippen molar-refractivity contribution in [1.82, 2.24) is 25.3 Å². The van der Waals surface area contributed by atoms with Crippen LogP contribution in [0.3, 0.4) is 0 Å². The van der Waals surface area contributed by atoms with Crippen molar-refractivity contribution in [3.8, 4) is 0 Å². The summed E-state index contributed by atoms with van der Waals surface area (Å²) in [6, 6.07) is 0.143. The molecule has 3 heterocycles. The first-order valence-electron chi connectivity index (χ1n) is 7.46. The van der Waals surface area contributed by atoms with E-state index < -0.39 is 0 Å². The minimum absolute atomic E-state index is 0. The lowest BCUT2D eigenvalue weighted by atomic mass is 10.0. The molecule has 2 saturated heterocycles. The van der Waals surface area contributed by atoms with E-state index in [1.54, 1.807) is 6.20 Å². The lowest BCUT2D eigenvalue weighted by Gasteiger charge is -2.41. The van der Waals surface area contributed by atoms with Gasteiger partial charge in [0.25, 0.3) is 5.91 Å². The number of rotatable bonds is 2. The van der Waals surface area contributed by atoms with Crippen LogP contribution in [0.2, 0.25) is 0 Å². The number of halogens is 1. The summed E-state index contributed by atoms with van der Waals surface area (Å²) in [6.45, 7) is 5.19. The number of nitrogens with zero attached hydrogens (tertiary/aromatic N) is 3. The number of carbonyl (C=O) groups excluding carboxylic acids is 2. The van der Waals surface area contributed by atoms with Crippen molar-refractivity contribution < 1.29 is 9.59 Å². The van der Waals surface area contributed by atoms with E-state index in [1.165, 1.54) is 0 Å². The predicted molar refractivity (Wildman–Crippen MR) is 84.1 cm³/mol. The number of carbonyl (C=O) groups is 2. The Morgan fingerprint density at radius 2 is 2.23 bits per heavy atom. The first-order valence-corrected chi connectivity index (χ1v) is 7.46. The summed E-state index contributed by atoms with van der Waals surface area (Å²) >= 11 is 0. The van der Waals surface area contributed by atoms with Crippen LogP contribution in [0.25, 0.3) is 0 Å². The normalized spacial score (nSPS) is 22.4. The fourth-order valence-corrected chi connectivity index (χ4v) is 3.14. The van der Waals surface area contributed by atoms with E-state index in [2.05, 4.69) is 15.5 Å². The van der Waals surface area contributed by atoms with Crippen LogP contribution in [-0.2, 0) is 4.79 Å². The van der Waals surface area contributed by atoms with Crippen molar-refractivity contribution in [2.45, 2.75) is 25.8 Å². The second kappa shape index (κ2) is 7.11. The van der Waals surface area contributed by atoms with Crippen LogP contribution in [0, 0.1) is 6.92 Å². The van der Waals surface area contributed by atoms with Crippen LogP contribution in [-0.4, -0.2) is 70.6 Å². The van der Waals surface area contributed by atoms with Crippen molar-refractivity contribution in [3.05, 3.63) is 17.5 Å². The second-order valence-electron chi connectivity index (χ2n) is 5.72. The molecule has 8 heteroatoms. The van der Waals surface area contributed by atoms with Gasteiger partial charge in [-0.2, -0.15) is 5.10 Å². The van der Waals surface area contributed by atoms with Crippen molar-refractivity contribution in [2.24, 2.45) is 0 Å². The van der Waals surface area contributed by atoms with Crippen molar-refractivity contribution >= 4 is 24.2 Å². The summed E-state index contributed by atoms with van der Waals surface area (Å²) in [5.74, 6) is 0.147. The molecule has 122 valence electrons. The fourth-order valence-electron chi connectivity index (χ4n) is 3.14. The molecule has 22 heavy (non-hydrogen) atoms. The third-order valence-corrected chi connectivity index (χ3v) is 4.31. The standard InChI is InChI=1S/C14H21N5O2.ClH/c1-10-12(7-16-17-10)14(21)18-5-2-3-11(9-18)19-6-4-15-8-13(19)20;/h7,11,15H,2-6,8-9H2,1H3,(H,16,17);1H. The van der Waals surface area contributed by atoms with E-state index in [0.717, 1.165) is 38.2 Å². The van der Waals surface area contributed by atoms with Gasteiger partial charge in [-0.1, -0.05) is 0 Å². The molecule has 0 radical (unpaired) electrons. The van der Waals surface area contributed by atoms with Gasteiger partial charge in [-0.15, -0.1) is 12.4 Å². The maximum atomic E-state index is 12.5. The fraction of sp³-hybridized carbons (Fsp3) is 0.643. The lowest BCUT2D eigenvalue weighted by Crippen LogP contribution is -2.57. The molecule has 0 spiro atoms. The van der Waals surface area contributed by atoms with E-state index in [-0.39, 0.29) is 30.3 Å². The van der Waals surface area contributed by atoms with E-state index >= 15 is 0 Å². The Bertz CT molecular complexity index is 547. The van der Waals surface area contributed by atoms with Crippen molar-refractivity contribution in [2.75, 3.05) is 32.7 Å². The molecule has 0 aromatic carbocycles. The van der Waals surface area contributed by atoms with Crippen molar-refractivity contribution in [1.29, 1.82) is 0 Å². The molecule has 3 rings (SSSR count). The zero-order valence-electron chi connectivity index (χ0n) is 12.7. The van der Waals surface area contributed by atoms with E-state index in [4.69, 9.17) is 0 Å². The second-order valence-corrected chi connectivity index (χ2v) is 5.72. The first-order chi connectivity index (χ1) is 10.2. The summed E-state index contributed by atoms with van der Waals surface area (Å²) in [7, 11) is 0. The summed E-state index contributed by atoms with van der Waals surface area (Å²) < 4.78 is 0. The van der Waals surface area contributed by atoms with E-state index in [0.29, 0.717) is 18.7 Å². The largest absolute Gasteiger partial charge is 0.336 e. The number of piperazine rings is 1. The minimum atomic E-state index is 0. The maximum absolute atomic E-state index is 12.5. The van der Waals surface area contributed by atoms with Gasteiger partial charge in [0, 0.05) is 37.9 Å². The number of hydrogen-bond donors (Lipinski definition) is 2. The van der Waals surface area contributed by atoms with Gasteiger partial charge in [0.15, 0.2) is 0 Å². The molecule has 7 nitrogen and oxygen atoms in total. The highest BCUT2D eigenvalue weighted by Gasteiger charge is 2.32. The predicted octanol–water partition coefficient (Wildman–Crippen LogP) is 0.176. The number of nitrogens with one attached hydrogen (secondary N) is 2. The van der Waals surface area contributed by atoms with Gasteiger partial charge in [0.05, 0.1) is 18.3 Å². The average Bonchev–Trinajstić information content (AvgIpc) is 2.93. The number of aryl methyl sites for hydroxylation is 1. The number of amides is 2. The topological polar surface area (TPSA) is 81.3 Å². The van der Waals surface area contributed by atoms with Crippen LogP contribution in [0.4, 0.5) is 0 Å². The van der Waals surface area contributed by atoms with Gasteiger partial charge >= 0.3 is 0 Å². The minimum Gasteiger partial charge on any atom is -0.336 e. The number of aromatic amines is 1. The molecule has 2 fully saturated rings. The molecule has 0 aliphatic carbocycles. The molecule has 1 atom stereocenters. The van der Waals surface area contributed by atoms with Crippen LogP contribution in [0.5, 0.6) is 0 Å². The zero-order valence-corrected chi connectivity index (χ0v) is 13.5. The molecule has 0 bridgehead atoms. The molecule has 1 aromatic rings. The molecule has 2 aliphatic rings. The van der Waals surface area contributed by atoms with Gasteiger partial charge in [-0.3, -0.25) is 14.7 Å². The van der Waals surface area contributed by atoms with E-state index in [1.807, 2.05) is 16.7 Å². The Labute approximate surface area is 135 Å². The quantitative estimate of drug-likeness (QED) is 0.811. The zero-order chi connectivity index (χ0) is 14.8. The number of H-pyrrole nitrogens is 1. The Morgan fingerprint density at radius 1 is 1.41 bits per heavy atom. The monoisotopic (exact) mass is 327 g/mol. The molecule has 2 amide bonds. The molecule has 2 N–H and O–H groups in total. The van der Waals surface area contributed by atoms with Crippen LogP contribution in [0.1, 0.15) is 28.9 Å². The summed E-state index contributed by atoms with van der Waals surface area (Å²) in [4.78, 5) is 28.3. The molecule has 1 aromatic heterocycles. The Hall–Kier alpha value is -1.60. The molecular formula is C14H22ClN5O2. The van der Waals surface area contributed by atoms with Crippen LogP contribution in [0.15, 0.2) is 6.20 Å². The number of aromatic nitrogens is 2. The number of piperidine rings is 1. The lowest BCUT2D eigenvalue weighted by molar-refractivity contribution is -0.135. The highest BCUT2D eigenvalue weighted by atomic mass is 35.5.